The van der Waals surface area contributed by atoms with Crippen molar-refractivity contribution in [1.82, 2.24) is 19.5 Å². The highest BCUT2D eigenvalue weighted by molar-refractivity contribution is 8.00. The second-order valence-electron chi connectivity index (χ2n) is 9.85. The molecule has 1 aliphatic rings. The van der Waals surface area contributed by atoms with Crippen LogP contribution < -0.4 is 10.9 Å². The monoisotopic (exact) mass is 517 g/mol. The maximum absolute atomic E-state index is 12.7. The number of anilines is 1. The molecule has 1 fully saturated rings. The van der Waals surface area contributed by atoms with E-state index in [0.29, 0.717) is 12.2 Å². The molecule has 1 aliphatic heterocycles. The first-order valence-electron chi connectivity index (χ1n) is 10.7. The molecule has 3 rings (SSSR count). The lowest BCUT2D eigenvalue weighted by atomic mass is 10.2. The molecule has 0 bridgehead atoms. The zero-order valence-corrected chi connectivity index (χ0v) is 22.7. The van der Waals surface area contributed by atoms with Gasteiger partial charge in [0, 0.05) is 11.7 Å². The standard InChI is InChI=1S/C19H32N5O6PSSi/c1-11(2)15(25)22-17-21-14-13(16(26)23-17)20-10-24(14)19(30-33(6,7)18(3,4)5)12(8-9-32-19)29-31(27)28/h10-12,31H,8-9H2,1-7H3,(H,27,28)(H2,21,22,23,25,26). The average Bonchev–Trinajstić information content (AvgIpc) is 3.25. The van der Waals surface area contributed by atoms with E-state index in [1.54, 1.807) is 18.4 Å². The summed E-state index contributed by atoms with van der Waals surface area (Å²) < 4.78 is 25.6. The van der Waals surface area contributed by atoms with Gasteiger partial charge in [0.2, 0.25) is 16.9 Å². The number of fused-ring (bicyclic) bond motifs is 1. The minimum absolute atomic E-state index is 0.00775. The lowest BCUT2D eigenvalue weighted by molar-refractivity contribution is -0.118. The van der Waals surface area contributed by atoms with E-state index in [2.05, 4.69) is 54.1 Å². The van der Waals surface area contributed by atoms with Crippen LogP contribution in [0.5, 0.6) is 0 Å². The third-order valence-electron chi connectivity index (χ3n) is 6.06. The molecular weight excluding hydrogens is 485 g/mol. The fraction of sp³-hybridized carbons (Fsp3) is 0.684. The molecule has 1 amide bonds. The summed E-state index contributed by atoms with van der Waals surface area (Å²) in [6.45, 7) is 13.9. The molecule has 0 radical (unpaired) electrons. The number of aromatic amines is 1. The van der Waals surface area contributed by atoms with Gasteiger partial charge in [-0.2, -0.15) is 4.98 Å². The van der Waals surface area contributed by atoms with Gasteiger partial charge in [0.25, 0.3) is 5.56 Å². The van der Waals surface area contributed by atoms with Crippen LogP contribution in [0.2, 0.25) is 18.1 Å². The second-order valence-corrected chi connectivity index (χ2v) is 16.6. The molecule has 0 aliphatic carbocycles. The SMILES string of the molecule is CC(C)C(=O)Nc1nc2c(ncn2C2(O[Si](C)(C)C(C)(C)C)SCCC2O[PH](=O)O)c(=O)[nH]1. The maximum Gasteiger partial charge on any atom is 0.317 e. The quantitative estimate of drug-likeness (QED) is 0.372. The fourth-order valence-corrected chi connectivity index (χ4v) is 7.17. The Bertz CT molecular complexity index is 1130. The van der Waals surface area contributed by atoms with Crippen LogP contribution in [0.4, 0.5) is 5.95 Å². The number of hydrogen-bond donors (Lipinski definition) is 3. The highest BCUT2D eigenvalue weighted by Gasteiger charge is 2.55. The highest BCUT2D eigenvalue weighted by atomic mass is 32.2. The number of carbonyl (C=O) groups excluding carboxylic acids is 1. The molecule has 0 aromatic carbocycles. The van der Waals surface area contributed by atoms with Crippen molar-refractivity contribution in [3.8, 4) is 0 Å². The minimum Gasteiger partial charge on any atom is -0.385 e. The van der Waals surface area contributed by atoms with Gasteiger partial charge in [0.1, 0.15) is 12.4 Å². The van der Waals surface area contributed by atoms with Crippen molar-refractivity contribution in [2.75, 3.05) is 11.1 Å². The van der Waals surface area contributed by atoms with E-state index < -0.39 is 33.3 Å². The zero-order valence-electron chi connectivity index (χ0n) is 19.9. The van der Waals surface area contributed by atoms with E-state index in [-0.39, 0.29) is 34.0 Å². The summed E-state index contributed by atoms with van der Waals surface area (Å²) in [5.74, 6) is -0.0129. The number of nitrogens with zero attached hydrogens (tertiary/aromatic N) is 3. The Kier molecular flexibility index (Phi) is 7.34. The van der Waals surface area contributed by atoms with Crippen LogP contribution in [-0.4, -0.2) is 50.5 Å². The van der Waals surface area contributed by atoms with Gasteiger partial charge in [-0.3, -0.25) is 29.0 Å². The Labute approximate surface area is 198 Å². The largest absolute Gasteiger partial charge is 0.385 e. The summed E-state index contributed by atoms with van der Waals surface area (Å²) >= 11 is 1.42. The Balaban J connectivity index is 2.21. The smallest absolute Gasteiger partial charge is 0.317 e. The Morgan fingerprint density at radius 2 is 2.12 bits per heavy atom. The molecule has 33 heavy (non-hydrogen) atoms. The predicted octanol–water partition coefficient (Wildman–Crippen LogP) is 3.25. The van der Waals surface area contributed by atoms with Crippen LogP contribution in [-0.2, 0) is 23.4 Å². The van der Waals surface area contributed by atoms with Crippen LogP contribution in [0.1, 0.15) is 41.0 Å². The number of imidazole rings is 1. The number of carbonyl (C=O) groups is 1. The van der Waals surface area contributed by atoms with E-state index in [0.717, 1.165) is 0 Å². The fourth-order valence-electron chi connectivity index (χ4n) is 3.19. The lowest BCUT2D eigenvalue weighted by Gasteiger charge is -2.45. The first-order valence-corrected chi connectivity index (χ1v) is 15.9. The number of thioether (sulfide) groups is 1. The van der Waals surface area contributed by atoms with Gasteiger partial charge in [-0.05, 0) is 24.6 Å². The second kappa shape index (κ2) is 9.27. The van der Waals surface area contributed by atoms with E-state index in [1.807, 2.05) is 0 Å². The van der Waals surface area contributed by atoms with E-state index in [9.17, 15) is 19.0 Å². The molecule has 14 heteroatoms. The van der Waals surface area contributed by atoms with Crippen molar-refractivity contribution in [2.45, 2.75) is 70.3 Å². The number of aromatic nitrogens is 4. The first-order chi connectivity index (χ1) is 15.2. The molecule has 0 spiro atoms. The molecule has 2 aromatic heterocycles. The number of amides is 1. The number of rotatable bonds is 7. The van der Waals surface area contributed by atoms with Crippen LogP contribution in [0.3, 0.4) is 0 Å². The zero-order chi connectivity index (χ0) is 24.8. The van der Waals surface area contributed by atoms with Gasteiger partial charge in [-0.25, -0.2) is 4.98 Å². The van der Waals surface area contributed by atoms with Crippen molar-refractivity contribution in [1.29, 1.82) is 0 Å². The van der Waals surface area contributed by atoms with E-state index in [4.69, 9.17) is 8.95 Å². The van der Waals surface area contributed by atoms with E-state index in [1.165, 1.54) is 18.1 Å². The van der Waals surface area contributed by atoms with Gasteiger partial charge in [-0.15, -0.1) is 11.8 Å². The van der Waals surface area contributed by atoms with Gasteiger partial charge in [0.15, 0.2) is 19.5 Å². The van der Waals surface area contributed by atoms with Crippen molar-refractivity contribution in [3.05, 3.63) is 16.7 Å². The van der Waals surface area contributed by atoms with Crippen molar-refractivity contribution in [2.24, 2.45) is 5.92 Å². The Morgan fingerprint density at radius 3 is 2.70 bits per heavy atom. The summed E-state index contributed by atoms with van der Waals surface area (Å²) in [5.41, 5.74) is -0.257. The number of hydrogen-bond acceptors (Lipinski definition) is 8. The van der Waals surface area contributed by atoms with Crippen LogP contribution in [0.25, 0.3) is 11.2 Å². The molecule has 0 saturated carbocycles. The molecule has 11 nitrogen and oxygen atoms in total. The molecular formula is C19H32N5O6PSSi. The Hall–Kier alpha value is -1.50. The third-order valence-corrected chi connectivity index (χ3v) is 12.5. The minimum atomic E-state index is -3.27. The molecule has 184 valence electrons. The van der Waals surface area contributed by atoms with Crippen LogP contribution in [0, 0.1) is 5.92 Å². The first kappa shape index (κ1) is 26.1. The van der Waals surface area contributed by atoms with E-state index >= 15 is 0 Å². The third kappa shape index (κ3) is 5.13. The Morgan fingerprint density at radius 1 is 1.45 bits per heavy atom. The summed E-state index contributed by atoms with van der Waals surface area (Å²) in [6, 6.07) is 0. The number of nitrogens with one attached hydrogen (secondary N) is 2. The van der Waals surface area contributed by atoms with Crippen molar-refractivity contribution in [3.63, 3.8) is 0 Å². The number of H-pyrrole nitrogens is 1. The molecule has 1 saturated heterocycles. The topological polar surface area (TPSA) is 148 Å². The average molecular weight is 518 g/mol. The van der Waals surface area contributed by atoms with Gasteiger partial charge in [-0.1, -0.05) is 34.6 Å². The van der Waals surface area contributed by atoms with Crippen LogP contribution in [0.15, 0.2) is 11.1 Å². The van der Waals surface area contributed by atoms with Crippen molar-refractivity contribution >= 4 is 51.4 Å². The summed E-state index contributed by atoms with van der Waals surface area (Å²) in [7, 11) is -5.72. The normalized spacial score (nSPS) is 22.8. The van der Waals surface area contributed by atoms with Crippen molar-refractivity contribution < 1.29 is 23.2 Å². The van der Waals surface area contributed by atoms with Crippen LogP contribution >= 0.6 is 20.0 Å². The summed E-state index contributed by atoms with van der Waals surface area (Å²) in [5, 5.41) is 1.19. The van der Waals surface area contributed by atoms with Gasteiger partial charge in [0.05, 0.1) is 0 Å². The predicted molar refractivity (Wildman–Crippen MR) is 131 cm³/mol. The maximum atomic E-state index is 12.7. The molecule has 2 aromatic rings. The van der Waals surface area contributed by atoms with Gasteiger partial charge >= 0.3 is 8.25 Å². The molecule has 3 unspecified atom stereocenters. The van der Waals surface area contributed by atoms with Gasteiger partial charge < -0.3 is 13.8 Å². The summed E-state index contributed by atoms with van der Waals surface area (Å²) in [4.78, 5) is 45.7. The summed E-state index contributed by atoms with van der Waals surface area (Å²) in [6.07, 6.45) is 1.15. The molecule has 3 N–H and O–H groups in total. The molecule has 3 heterocycles. The molecule has 3 atom stereocenters. The highest BCUT2D eigenvalue weighted by Crippen LogP contribution is 2.53. The lowest BCUT2D eigenvalue weighted by Crippen LogP contribution is -2.53.